The van der Waals surface area contributed by atoms with Gasteiger partial charge in [0.1, 0.15) is 11.4 Å². The molecule has 4 heterocycles. The summed E-state index contributed by atoms with van der Waals surface area (Å²) in [6, 6.07) is 9.69. The topological polar surface area (TPSA) is 113 Å². The summed E-state index contributed by atoms with van der Waals surface area (Å²) in [6.45, 7) is 4.03. The fraction of sp³-hybridized carbons (Fsp3) is 0.500. The third kappa shape index (κ3) is 4.89. The first-order valence-corrected chi connectivity index (χ1v) is 12.3. The van der Waals surface area contributed by atoms with Crippen LogP contribution in [-0.4, -0.2) is 77.4 Å². The summed E-state index contributed by atoms with van der Waals surface area (Å²) in [7, 11) is 0. The molecule has 2 amide bonds. The van der Waals surface area contributed by atoms with Crippen molar-refractivity contribution in [3.63, 3.8) is 0 Å². The number of morpholine rings is 1. The van der Waals surface area contributed by atoms with Crippen LogP contribution in [-0.2, 0) is 17.7 Å². The Labute approximate surface area is 204 Å². The van der Waals surface area contributed by atoms with Gasteiger partial charge in [-0.3, -0.25) is 9.59 Å². The molecule has 3 N–H and O–H groups in total. The maximum Gasteiger partial charge on any atom is 0.273 e. The van der Waals surface area contributed by atoms with E-state index in [1.807, 2.05) is 24.0 Å². The van der Waals surface area contributed by atoms with E-state index in [-0.39, 0.29) is 41.8 Å². The van der Waals surface area contributed by atoms with E-state index in [2.05, 4.69) is 27.8 Å². The zero-order chi connectivity index (χ0) is 24.4. The zero-order valence-corrected chi connectivity index (χ0v) is 19.9. The van der Waals surface area contributed by atoms with Crippen LogP contribution >= 0.6 is 0 Å². The van der Waals surface area contributed by atoms with Crippen molar-refractivity contribution in [1.29, 1.82) is 0 Å². The fourth-order valence-corrected chi connectivity index (χ4v) is 5.28. The quantitative estimate of drug-likeness (QED) is 0.547. The third-order valence-corrected chi connectivity index (χ3v) is 7.15. The monoisotopic (exact) mass is 480 g/mol. The molecule has 2 aromatic rings. The summed E-state index contributed by atoms with van der Waals surface area (Å²) in [6.07, 6.45) is 3.18. The fourth-order valence-electron chi connectivity index (χ4n) is 5.28. The predicted octanol–water partition coefficient (Wildman–Crippen LogP) is 1.29. The minimum Gasteiger partial charge on any atom is -0.493 e. The van der Waals surface area contributed by atoms with E-state index in [0.717, 1.165) is 12.8 Å². The number of hydrogen-bond donors (Lipinski definition) is 3. The number of rotatable bonds is 7. The van der Waals surface area contributed by atoms with Crippen LogP contribution in [0, 0.1) is 0 Å². The van der Waals surface area contributed by atoms with Crippen molar-refractivity contribution >= 4 is 11.8 Å². The number of pyridine rings is 1. The number of hydrogen-bond acceptors (Lipinski definition) is 7. The molecule has 1 aromatic heterocycles. The average molecular weight is 481 g/mol. The highest BCUT2D eigenvalue weighted by molar-refractivity contribution is 5.99. The number of aliphatic hydroxyl groups is 1. The van der Waals surface area contributed by atoms with Crippen LogP contribution in [0.3, 0.4) is 0 Å². The van der Waals surface area contributed by atoms with Crippen LogP contribution in [0.4, 0.5) is 0 Å². The molecule has 2 fully saturated rings. The number of aromatic nitrogens is 1. The van der Waals surface area contributed by atoms with Crippen molar-refractivity contribution in [2.24, 2.45) is 0 Å². The number of nitrogens with zero attached hydrogens (tertiary/aromatic N) is 2. The summed E-state index contributed by atoms with van der Waals surface area (Å²) in [5.74, 6) is -0.252. The van der Waals surface area contributed by atoms with E-state index >= 15 is 0 Å². The second-order valence-electron chi connectivity index (χ2n) is 9.37. The first-order valence-electron chi connectivity index (χ1n) is 12.3. The number of fused-ring (bicyclic) bond motifs is 3. The van der Waals surface area contributed by atoms with Gasteiger partial charge in [0, 0.05) is 31.4 Å². The van der Waals surface area contributed by atoms with Gasteiger partial charge in [-0.1, -0.05) is 24.3 Å². The van der Waals surface area contributed by atoms with Crippen molar-refractivity contribution < 1.29 is 24.2 Å². The van der Waals surface area contributed by atoms with Crippen molar-refractivity contribution in [3.05, 3.63) is 58.9 Å². The standard InChI is InChI=1S/C26H32N4O5/c1-2-35-24-10-22(26(33)30-18-7-8-19(30)15-34-14-18)28-12-20(24)25(32)29-13-23(31)21-9-16-5-3-4-6-17(16)11-27-21/h3-6,10,12,18-19,21,23,27,31H,2,7-9,11,13-15H2,1H3,(H,29,32)/t18?,19?,21-,23+/m0/s1. The predicted molar refractivity (Wildman–Crippen MR) is 128 cm³/mol. The van der Waals surface area contributed by atoms with E-state index in [1.54, 1.807) is 6.07 Å². The molecule has 4 atom stereocenters. The van der Waals surface area contributed by atoms with E-state index < -0.39 is 12.0 Å². The van der Waals surface area contributed by atoms with E-state index in [0.29, 0.717) is 38.5 Å². The molecule has 2 unspecified atom stereocenters. The van der Waals surface area contributed by atoms with Gasteiger partial charge in [-0.15, -0.1) is 0 Å². The maximum absolute atomic E-state index is 13.2. The summed E-state index contributed by atoms with van der Waals surface area (Å²) in [5, 5.41) is 16.8. The molecule has 3 aliphatic rings. The summed E-state index contributed by atoms with van der Waals surface area (Å²) >= 11 is 0. The van der Waals surface area contributed by atoms with Crippen molar-refractivity contribution in [2.45, 2.75) is 57.0 Å². The van der Waals surface area contributed by atoms with Crippen LogP contribution in [0.5, 0.6) is 5.75 Å². The lowest BCUT2D eigenvalue weighted by molar-refractivity contribution is -0.00748. The van der Waals surface area contributed by atoms with Gasteiger partial charge < -0.3 is 30.1 Å². The lowest BCUT2D eigenvalue weighted by Gasteiger charge is -2.34. The molecule has 3 aliphatic heterocycles. The molecule has 1 aromatic carbocycles. The number of benzene rings is 1. The molecule has 0 aliphatic carbocycles. The Kier molecular flexibility index (Phi) is 6.99. The summed E-state index contributed by atoms with van der Waals surface area (Å²) < 4.78 is 11.3. The van der Waals surface area contributed by atoms with E-state index in [4.69, 9.17) is 9.47 Å². The number of amides is 2. The lowest BCUT2D eigenvalue weighted by Crippen LogP contribution is -2.49. The van der Waals surface area contributed by atoms with Crippen molar-refractivity contribution in [3.8, 4) is 5.75 Å². The van der Waals surface area contributed by atoms with Gasteiger partial charge >= 0.3 is 0 Å². The van der Waals surface area contributed by atoms with Crippen molar-refractivity contribution in [1.82, 2.24) is 20.5 Å². The Morgan fingerprint density at radius 3 is 2.74 bits per heavy atom. The Morgan fingerprint density at radius 1 is 1.26 bits per heavy atom. The second kappa shape index (κ2) is 10.3. The lowest BCUT2D eigenvalue weighted by atomic mass is 9.93. The first kappa shape index (κ1) is 23.7. The highest BCUT2D eigenvalue weighted by atomic mass is 16.5. The van der Waals surface area contributed by atoms with Crippen LogP contribution in [0.2, 0.25) is 0 Å². The highest BCUT2D eigenvalue weighted by Crippen LogP contribution is 2.31. The summed E-state index contributed by atoms with van der Waals surface area (Å²) in [4.78, 5) is 32.3. The van der Waals surface area contributed by atoms with Crippen molar-refractivity contribution in [2.75, 3.05) is 26.4 Å². The third-order valence-electron chi connectivity index (χ3n) is 7.15. The van der Waals surface area contributed by atoms with E-state index in [9.17, 15) is 14.7 Å². The van der Waals surface area contributed by atoms with E-state index in [1.165, 1.54) is 17.3 Å². The Morgan fingerprint density at radius 2 is 2.00 bits per heavy atom. The molecule has 9 nitrogen and oxygen atoms in total. The number of carbonyl (C=O) groups excluding carboxylic acids is 2. The Hall–Kier alpha value is -3.01. The number of nitrogens with one attached hydrogen (secondary N) is 2. The zero-order valence-electron chi connectivity index (χ0n) is 19.9. The molecule has 186 valence electrons. The number of carbonyl (C=O) groups is 2. The van der Waals surface area contributed by atoms with Gasteiger partial charge in [0.25, 0.3) is 11.8 Å². The van der Waals surface area contributed by atoms with Gasteiger partial charge in [-0.25, -0.2) is 4.98 Å². The SMILES string of the molecule is CCOc1cc(C(=O)N2C3CCC2COC3)ncc1C(=O)NC[C@@H](O)[C@@H]1Cc2ccccc2CN1. The molecular formula is C26H32N4O5. The second-order valence-corrected chi connectivity index (χ2v) is 9.37. The van der Waals surface area contributed by atoms with Crippen LogP contribution in [0.1, 0.15) is 51.7 Å². The normalized spacial score (nSPS) is 23.9. The average Bonchev–Trinajstić information content (AvgIpc) is 3.14. The largest absolute Gasteiger partial charge is 0.493 e. The molecule has 35 heavy (non-hydrogen) atoms. The molecule has 5 rings (SSSR count). The molecular weight excluding hydrogens is 448 g/mol. The molecule has 0 radical (unpaired) electrons. The molecule has 0 saturated carbocycles. The molecule has 0 spiro atoms. The smallest absolute Gasteiger partial charge is 0.273 e. The number of ether oxygens (including phenoxy) is 2. The number of aliphatic hydroxyl groups excluding tert-OH is 1. The first-order chi connectivity index (χ1) is 17.0. The van der Waals surface area contributed by atoms with Gasteiger partial charge in [0.2, 0.25) is 0 Å². The molecule has 9 heteroatoms. The van der Waals surface area contributed by atoms with Crippen LogP contribution in [0.25, 0.3) is 0 Å². The molecule has 2 bridgehead atoms. The maximum atomic E-state index is 13.2. The van der Waals surface area contributed by atoms with Gasteiger partial charge in [0.05, 0.1) is 43.6 Å². The van der Waals surface area contributed by atoms with Gasteiger partial charge in [0.15, 0.2) is 0 Å². The Balaban J connectivity index is 1.24. The van der Waals surface area contributed by atoms with Crippen LogP contribution < -0.4 is 15.4 Å². The summed E-state index contributed by atoms with van der Waals surface area (Å²) in [5.41, 5.74) is 2.93. The van der Waals surface area contributed by atoms with Gasteiger partial charge in [-0.05, 0) is 37.3 Å². The Bertz CT molecular complexity index is 1080. The minimum absolute atomic E-state index is 0.0726. The van der Waals surface area contributed by atoms with Gasteiger partial charge in [-0.2, -0.15) is 0 Å². The van der Waals surface area contributed by atoms with Crippen LogP contribution in [0.15, 0.2) is 36.5 Å². The molecule has 2 saturated heterocycles. The minimum atomic E-state index is -0.756. The highest BCUT2D eigenvalue weighted by Gasteiger charge is 2.41.